The van der Waals surface area contributed by atoms with E-state index in [1.165, 1.54) is 0 Å². The minimum Gasteiger partial charge on any atom is -0.497 e. The molecule has 0 aliphatic heterocycles. The molecule has 5 nitrogen and oxygen atoms in total. The normalized spacial score (nSPS) is 12.1. The second-order valence-electron chi connectivity index (χ2n) is 4.26. The molecule has 1 aromatic heterocycles. The first-order valence-corrected chi connectivity index (χ1v) is 5.85. The predicted octanol–water partition coefficient (Wildman–Crippen LogP) is 1.97. The average Bonchev–Trinajstić information content (AvgIpc) is 2.84. The second-order valence-corrected chi connectivity index (χ2v) is 4.26. The van der Waals surface area contributed by atoms with Crippen LogP contribution in [0.25, 0.3) is 0 Å². The lowest BCUT2D eigenvalue weighted by atomic mass is 10.2. The molecule has 96 valence electrons. The lowest BCUT2D eigenvalue weighted by Gasteiger charge is -2.17. The lowest BCUT2D eigenvalue weighted by Crippen LogP contribution is -2.21. The Labute approximate surface area is 107 Å². The molecule has 2 rings (SSSR count). The number of nitrogens with two attached hydrogens (primary N) is 1. The summed E-state index contributed by atoms with van der Waals surface area (Å²) in [6, 6.07) is 5.83. The minimum atomic E-state index is 0.244. The van der Waals surface area contributed by atoms with Crippen LogP contribution in [-0.2, 0) is 6.54 Å². The molecule has 0 spiro atoms. The Morgan fingerprint density at radius 2 is 2.33 bits per heavy atom. The third-order valence-corrected chi connectivity index (χ3v) is 2.71. The maximum atomic E-state index is 5.93. The maximum Gasteiger partial charge on any atom is 0.121 e. The van der Waals surface area contributed by atoms with E-state index >= 15 is 0 Å². The largest absolute Gasteiger partial charge is 0.497 e. The number of hydrogen-bond donors (Lipinski definition) is 2. The third kappa shape index (κ3) is 2.94. The number of hydrogen-bond acceptors (Lipinski definition) is 4. The molecule has 18 heavy (non-hydrogen) atoms. The quantitative estimate of drug-likeness (QED) is 0.792. The highest BCUT2D eigenvalue weighted by molar-refractivity contribution is 5.68. The number of anilines is 2. The third-order valence-electron chi connectivity index (χ3n) is 2.71. The fourth-order valence-corrected chi connectivity index (χ4v) is 1.81. The minimum absolute atomic E-state index is 0.244. The molecule has 0 bridgehead atoms. The van der Waals surface area contributed by atoms with Crippen molar-refractivity contribution in [3.8, 4) is 5.75 Å². The van der Waals surface area contributed by atoms with Gasteiger partial charge in [-0.15, -0.1) is 0 Å². The number of aromatic nitrogens is 2. The standard InChI is InChI=1S/C13H18N4O/c1-10(8-17-6-5-15-9-17)16-13-7-11(18-2)3-4-12(13)14/h3-7,9-10,16H,8,14H2,1-2H3. The summed E-state index contributed by atoms with van der Waals surface area (Å²) in [7, 11) is 1.64. The zero-order chi connectivity index (χ0) is 13.0. The molecule has 1 aromatic carbocycles. The van der Waals surface area contributed by atoms with Crippen LogP contribution >= 0.6 is 0 Å². The van der Waals surface area contributed by atoms with Crippen LogP contribution in [0.5, 0.6) is 5.75 Å². The van der Waals surface area contributed by atoms with Crippen molar-refractivity contribution < 1.29 is 4.74 Å². The zero-order valence-corrected chi connectivity index (χ0v) is 10.6. The number of nitrogens with one attached hydrogen (secondary N) is 1. The number of benzene rings is 1. The van der Waals surface area contributed by atoms with Gasteiger partial charge in [0.25, 0.3) is 0 Å². The number of nitrogens with zero attached hydrogens (tertiary/aromatic N) is 2. The number of ether oxygens (including phenoxy) is 1. The first-order chi connectivity index (χ1) is 8.69. The number of nitrogen functional groups attached to an aromatic ring is 1. The molecule has 1 atom stereocenters. The molecule has 0 saturated heterocycles. The van der Waals surface area contributed by atoms with E-state index in [2.05, 4.69) is 17.2 Å². The van der Waals surface area contributed by atoms with E-state index in [0.29, 0.717) is 5.69 Å². The van der Waals surface area contributed by atoms with E-state index in [0.717, 1.165) is 18.0 Å². The average molecular weight is 246 g/mol. The Balaban J connectivity index is 2.04. The summed E-state index contributed by atoms with van der Waals surface area (Å²) in [6.07, 6.45) is 5.51. The van der Waals surface area contributed by atoms with Crippen molar-refractivity contribution in [2.45, 2.75) is 19.5 Å². The molecule has 5 heteroatoms. The van der Waals surface area contributed by atoms with Gasteiger partial charge in [-0.05, 0) is 19.1 Å². The molecule has 0 aliphatic rings. The smallest absolute Gasteiger partial charge is 0.121 e. The summed E-state index contributed by atoms with van der Waals surface area (Å²) >= 11 is 0. The topological polar surface area (TPSA) is 65.1 Å². The highest BCUT2D eigenvalue weighted by atomic mass is 16.5. The van der Waals surface area contributed by atoms with Gasteiger partial charge in [0.2, 0.25) is 0 Å². The van der Waals surface area contributed by atoms with E-state index in [4.69, 9.17) is 10.5 Å². The summed E-state index contributed by atoms with van der Waals surface area (Å²) < 4.78 is 7.21. The van der Waals surface area contributed by atoms with Gasteiger partial charge < -0.3 is 20.4 Å². The Morgan fingerprint density at radius 3 is 3.00 bits per heavy atom. The zero-order valence-electron chi connectivity index (χ0n) is 10.6. The summed E-state index contributed by atoms with van der Waals surface area (Å²) in [4.78, 5) is 4.02. The summed E-state index contributed by atoms with van der Waals surface area (Å²) in [5.74, 6) is 0.793. The second kappa shape index (κ2) is 5.44. The van der Waals surface area contributed by atoms with Crippen LogP contribution in [0.3, 0.4) is 0 Å². The highest BCUT2D eigenvalue weighted by Crippen LogP contribution is 2.25. The monoisotopic (exact) mass is 246 g/mol. The van der Waals surface area contributed by atoms with Crippen molar-refractivity contribution in [1.29, 1.82) is 0 Å². The SMILES string of the molecule is COc1ccc(N)c(NC(C)Cn2ccnc2)c1. The summed E-state index contributed by atoms with van der Waals surface area (Å²) in [5.41, 5.74) is 7.54. The molecule has 0 saturated carbocycles. The number of methoxy groups -OCH3 is 1. The van der Waals surface area contributed by atoms with Crippen molar-refractivity contribution in [2.24, 2.45) is 0 Å². The van der Waals surface area contributed by atoms with Crippen LogP contribution in [0.15, 0.2) is 36.9 Å². The molecule has 0 fully saturated rings. The molecule has 0 aliphatic carbocycles. The Morgan fingerprint density at radius 1 is 1.50 bits per heavy atom. The van der Waals surface area contributed by atoms with Crippen LogP contribution in [0.4, 0.5) is 11.4 Å². The van der Waals surface area contributed by atoms with E-state index in [1.54, 1.807) is 19.6 Å². The fourth-order valence-electron chi connectivity index (χ4n) is 1.81. The van der Waals surface area contributed by atoms with Gasteiger partial charge in [-0.3, -0.25) is 0 Å². The van der Waals surface area contributed by atoms with Gasteiger partial charge in [-0.25, -0.2) is 4.98 Å². The summed E-state index contributed by atoms with van der Waals surface area (Å²) in [6.45, 7) is 2.93. The van der Waals surface area contributed by atoms with Crippen LogP contribution in [-0.4, -0.2) is 22.7 Å². The molecule has 2 aromatic rings. The van der Waals surface area contributed by atoms with E-state index in [-0.39, 0.29) is 6.04 Å². The molecular formula is C13H18N4O. The predicted molar refractivity (Wildman–Crippen MR) is 72.7 cm³/mol. The maximum absolute atomic E-state index is 5.93. The van der Waals surface area contributed by atoms with Crippen LogP contribution in [0, 0.1) is 0 Å². The van der Waals surface area contributed by atoms with Crippen molar-refractivity contribution in [3.63, 3.8) is 0 Å². The van der Waals surface area contributed by atoms with Gasteiger partial charge in [-0.2, -0.15) is 0 Å². The summed E-state index contributed by atoms with van der Waals surface area (Å²) in [5, 5.41) is 3.37. The Kier molecular flexibility index (Phi) is 3.72. The van der Waals surface area contributed by atoms with Gasteiger partial charge in [0.1, 0.15) is 5.75 Å². The van der Waals surface area contributed by atoms with Crippen molar-refractivity contribution in [3.05, 3.63) is 36.9 Å². The molecule has 1 heterocycles. The van der Waals surface area contributed by atoms with Crippen LogP contribution in [0.2, 0.25) is 0 Å². The van der Waals surface area contributed by atoms with Gasteiger partial charge >= 0.3 is 0 Å². The van der Waals surface area contributed by atoms with Gasteiger partial charge in [0.15, 0.2) is 0 Å². The van der Waals surface area contributed by atoms with Crippen molar-refractivity contribution in [2.75, 3.05) is 18.2 Å². The molecule has 1 unspecified atom stereocenters. The molecular weight excluding hydrogens is 228 g/mol. The lowest BCUT2D eigenvalue weighted by molar-refractivity contribution is 0.415. The first-order valence-electron chi connectivity index (χ1n) is 5.85. The molecule has 0 amide bonds. The number of rotatable bonds is 5. The Bertz CT molecular complexity index is 496. The molecule has 0 radical (unpaired) electrons. The van der Waals surface area contributed by atoms with E-state index in [9.17, 15) is 0 Å². The first kappa shape index (κ1) is 12.3. The van der Waals surface area contributed by atoms with E-state index < -0.39 is 0 Å². The van der Waals surface area contributed by atoms with Crippen molar-refractivity contribution >= 4 is 11.4 Å². The fraction of sp³-hybridized carbons (Fsp3) is 0.308. The Hall–Kier alpha value is -2.17. The van der Waals surface area contributed by atoms with Crippen LogP contribution < -0.4 is 15.8 Å². The van der Waals surface area contributed by atoms with E-state index in [1.807, 2.05) is 29.0 Å². The van der Waals surface area contributed by atoms with Crippen molar-refractivity contribution in [1.82, 2.24) is 9.55 Å². The van der Waals surface area contributed by atoms with Gasteiger partial charge in [0, 0.05) is 31.0 Å². The van der Waals surface area contributed by atoms with Gasteiger partial charge in [0.05, 0.1) is 24.8 Å². The molecule has 3 N–H and O–H groups in total. The number of imidazole rings is 1. The highest BCUT2D eigenvalue weighted by Gasteiger charge is 2.06. The van der Waals surface area contributed by atoms with Gasteiger partial charge in [-0.1, -0.05) is 0 Å². The van der Waals surface area contributed by atoms with Crippen LogP contribution in [0.1, 0.15) is 6.92 Å².